The van der Waals surface area contributed by atoms with E-state index in [9.17, 15) is 14.9 Å². The van der Waals surface area contributed by atoms with Gasteiger partial charge in [0.05, 0.1) is 16.4 Å². The van der Waals surface area contributed by atoms with E-state index in [1.165, 1.54) is 34.1 Å². The lowest BCUT2D eigenvalue weighted by atomic mass is 10.1. The Hall–Kier alpha value is -2.91. The van der Waals surface area contributed by atoms with E-state index in [0.717, 1.165) is 21.3 Å². The highest BCUT2D eigenvalue weighted by molar-refractivity contribution is 8.01. The zero-order chi connectivity index (χ0) is 21.7. The highest BCUT2D eigenvalue weighted by Crippen LogP contribution is 2.37. The van der Waals surface area contributed by atoms with Crippen molar-refractivity contribution in [2.24, 2.45) is 0 Å². The minimum Gasteiger partial charge on any atom is -0.494 e. The number of carbonyl (C=O) groups excluding carboxylic acids is 1. The molecule has 0 atom stereocenters. The lowest BCUT2D eigenvalue weighted by Gasteiger charge is -2.18. The van der Waals surface area contributed by atoms with Crippen LogP contribution in [0.25, 0.3) is 0 Å². The number of aryl methyl sites for hydroxylation is 1. The second-order valence-electron chi connectivity index (χ2n) is 6.53. The molecule has 0 fully saturated rings. The first-order valence-corrected chi connectivity index (χ1v) is 10.9. The van der Waals surface area contributed by atoms with Crippen LogP contribution >= 0.6 is 23.1 Å². The van der Waals surface area contributed by atoms with E-state index in [0.29, 0.717) is 18.0 Å². The van der Waals surface area contributed by atoms with Crippen molar-refractivity contribution in [3.8, 4) is 5.75 Å². The number of carbonyl (C=O) groups is 1. The maximum absolute atomic E-state index is 12.8. The molecule has 0 saturated carbocycles. The molecule has 0 unspecified atom stereocenters. The number of benzene rings is 2. The van der Waals surface area contributed by atoms with Gasteiger partial charge in [-0.2, -0.15) is 0 Å². The normalized spacial score (nSPS) is 10.6. The van der Waals surface area contributed by atoms with Crippen molar-refractivity contribution in [1.29, 1.82) is 0 Å². The van der Waals surface area contributed by atoms with Crippen molar-refractivity contribution in [2.45, 2.75) is 29.6 Å². The third-order valence-electron chi connectivity index (χ3n) is 4.20. The molecule has 1 aromatic heterocycles. The maximum Gasteiger partial charge on any atom is 0.284 e. The van der Waals surface area contributed by atoms with Crippen molar-refractivity contribution in [2.75, 3.05) is 13.7 Å². The molecule has 2 aromatic carbocycles. The number of nitro benzene ring substituents is 1. The first kappa shape index (κ1) is 21.8. The zero-order valence-electron chi connectivity index (χ0n) is 16.8. The quantitative estimate of drug-likeness (QED) is 0.352. The summed E-state index contributed by atoms with van der Waals surface area (Å²) >= 11 is 2.66. The molecule has 3 aromatic rings. The fourth-order valence-electron chi connectivity index (χ4n) is 2.78. The van der Waals surface area contributed by atoms with Crippen molar-refractivity contribution in [3.05, 3.63) is 74.8 Å². The smallest absolute Gasteiger partial charge is 0.284 e. The first-order chi connectivity index (χ1) is 14.4. The number of rotatable bonds is 8. The van der Waals surface area contributed by atoms with Crippen LogP contribution in [0, 0.1) is 17.0 Å². The topological polar surface area (TPSA) is 85.6 Å². The van der Waals surface area contributed by atoms with Gasteiger partial charge in [0.2, 0.25) is 0 Å². The molecule has 1 heterocycles. The number of nitrogens with zero attached hydrogens (tertiary/aromatic N) is 3. The van der Waals surface area contributed by atoms with Gasteiger partial charge in [-0.25, -0.2) is 4.98 Å². The number of aromatic nitrogens is 1. The molecule has 0 bridgehead atoms. The molecule has 0 N–H and O–H groups in total. The zero-order valence-corrected chi connectivity index (χ0v) is 18.5. The minimum atomic E-state index is -0.466. The fraction of sp³-hybridized carbons (Fsp3) is 0.238. The number of amides is 1. The highest BCUT2D eigenvalue weighted by atomic mass is 32.2. The van der Waals surface area contributed by atoms with Crippen molar-refractivity contribution in [3.63, 3.8) is 0 Å². The molecule has 1 amide bonds. The molecule has 0 radical (unpaired) electrons. The predicted octanol–water partition coefficient (Wildman–Crippen LogP) is 5.18. The van der Waals surface area contributed by atoms with Crippen LogP contribution in [0.1, 0.15) is 28.5 Å². The summed E-state index contributed by atoms with van der Waals surface area (Å²) in [6, 6.07) is 12.1. The summed E-state index contributed by atoms with van der Waals surface area (Å²) < 4.78 is 6.15. The van der Waals surface area contributed by atoms with Gasteiger partial charge in [0, 0.05) is 36.3 Å². The van der Waals surface area contributed by atoms with Crippen LogP contribution in [-0.2, 0) is 6.54 Å². The van der Waals surface area contributed by atoms with E-state index in [2.05, 4.69) is 4.98 Å². The third kappa shape index (κ3) is 5.37. The van der Waals surface area contributed by atoms with Crippen LogP contribution in [0.4, 0.5) is 5.69 Å². The Morgan fingerprint density at radius 2 is 2.00 bits per heavy atom. The van der Waals surface area contributed by atoms with E-state index in [1.807, 2.05) is 43.5 Å². The van der Waals surface area contributed by atoms with Gasteiger partial charge in [0.25, 0.3) is 11.6 Å². The van der Waals surface area contributed by atoms with Crippen LogP contribution in [0.5, 0.6) is 5.75 Å². The van der Waals surface area contributed by atoms with Crippen molar-refractivity contribution >= 4 is 34.7 Å². The van der Waals surface area contributed by atoms with Gasteiger partial charge in [-0.3, -0.25) is 14.9 Å². The first-order valence-electron chi connectivity index (χ1n) is 9.23. The monoisotopic (exact) mass is 443 g/mol. The molecular weight excluding hydrogens is 422 g/mol. The average Bonchev–Trinajstić information content (AvgIpc) is 3.14. The van der Waals surface area contributed by atoms with Gasteiger partial charge < -0.3 is 9.64 Å². The second kappa shape index (κ2) is 9.73. The molecule has 0 spiro atoms. The molecule has 0 saturated heterocycles. The fourth-order valence-corrected chi connectivity index (χ4v) is 4.66. The number of thiazole rings is 1. The molecule has 3 rings (SSSR count). The molecule has 0 aliphatic carbocycles. The Labute approximate surface area is 182 Å². The molecule has 7 nitrogen and oxygen atoms in total. The van der Waals surface area contributed by atoms with Gasteiger partial charge >= 0.3 is 0 Å². The van der Waals surface area contributed by atoms with Crippen LogP contribution in [0.3, 0.4) is 0 Å². The highest BCUT2D eigenvalue weighted by Gasteiger charge is 2.21. The van der Waals surface area contributed by atoms with E-state index in [4.69, 9.17) is 4.74 Å². The Balaban J connectivity index is 1.75. The van der Waals surface area contributed by atoms with E-state index in [-0.39, 0.29) is 17.2 Å². The van der Waals surface area contributed by atoms with Crippen LogP contribution in [0.15, 0.2) is 57.1 Å². The molecule has 156 valence electrons. The summed E-state index contributed by atoms with van der Waals surface area (Å²) in [6.07, 6.45) is 0. The van der Waals surface area contributed by atoms with Crippen molar-refractivity contribution < 1.29 is 14.5 Å². The van der Waals surface area contributed by atoms with Crippen LogP contribution in [-0.4, -0.2) is 34.4 Å². The largest absolute Gasteiger partial charge is 0.494 e. The lowest BCUT2D eigenvalue weighted by molar-refractivity contribution is -0.387. The second-order valence-corrected chi connectivity index (χ2v) is 8.68. The van der Waals surface area contributed by atoms with Gasteiger partial charge in [-0.15, -0.1) is 11.3 Å². The minimum absolute atomic E-state index is 0.104. The van der Waals surface area contributed by atoms with Crippen molar-refractivity contribution in [1.82, 2.24) is 9.88 Å². The summed E-state index contributed by atoms with van der Waals surface area (Å²) in [6.45, 7) is 4.76. The molecule has 9 heteroatoms. The Morgan fingerprint density at radius 1 is 1.27 bits per heavy atom. The van der Waals surface area contributed by atoms with Crippen LogP contribution < -0.4 is 4.74 Å². The maximum atomic E-state index is 12.8. The predicted molar refractivity (Wildman–Crippen MR) is 117 cm³/mol. The van der Waals surface area contributed by atoms with Crippen LogP contribution in [0.2, 0.25) is 0 Å². The molecular formula is C21H21N3O4S2. The molecule has 0 aliphatic heterocycles. The van der Waals surface area contributed by atoms with E-state index >= 15 is 0 Å². The molecule has 30 heavy (non-hydrogen) atoms. The Kier molecular flexibility index (Phi) is 7.07. The standard InChI is InChI=1S/C21H21N3O4S2/c1-4-28-17-8-5-15(6-9-17)12-23(3)20(25)16-7-10-19(18(11-16)24(26)27)30-21-22-14(2)13-29-21/h5-11,13H,4,12H2,1-3H3. The van der Waals surface area contributed by atoms with Gasteiger partial charge in [0.1, 0.15) is 5.75 Å². The Morgan fingerprint density at radius 3 is 2.60 bits per heavy atom. The lowest BCUT2D eigenvalue weighted by Crippen LogP contribution is -2.26. The van der Waals surface area contributed by atoms with E-state index < -0.39 is 4.92 Å². The summed E-state index contributed by atoms with van der Waals surface area (Å²) in [7, 11) is 1.67. The van der Waals surface area contributed by atoms with Gasteiger partial charge in [-0.1, -0.05) is 23.9 Å². The van der Waals surface area contributed by atoms with E-state index in [1.54, 1.807) is 19.2 Å². The van der Waals surface area contributed by atoms with Gasteiger partial charge in [0.15, 0.2) is 4.34 Å². The SMILES string of the molecule is CCOc1ccc(CN(C)C(=O)c2ccc(Sc3nc(C)cs3)c([N+](=O)[O-])c2)cc1. The number of hydrogen-bond acceptors (Lipinski definition) is 7. The summed E-state index contributed by atoms with van der Waals surface area (Å²) in [5.74, 6) is 0.489. The Bertz CT molecular complexity index is 1050. The average molecular weight is 444 g/mol. The van der Waals surface area contributed by atoms with Gasteiger partial charge in [-0.05, 0) is 43.7 Å². The number of hydrogen-bond donors (Lipinski definition) is 0. The summed E-state index contributed by atoms with van der Waals surface area (Å²) in [5.41, 5.74) is 1.98. The third-order valence-corrected chi connectivity index (χ3v) is 6.32. The number of ether oxygens (including phenoxy) is 1. The molecule has 0 aliphatic rings. The summed E-state index contributed by atoms with van der Waals surface area (Å²) in [5, 5.41) is 13.5. The number of nitro groups is 1. The summed E-state index contributed by atoms with van der Waals surface area (Å²) in [4.78, 5) is 30.3.